The van der Waals surface area contributed by atoms with Crippen LogP contribution in [0.3, 0.4) is 0 Å². The van der Waals surface area contributed by atoms with E-state index in [1.807, 2.05) is 24.3 Å². The first-order valence-electron chi connectivity index (χ1n) is 7.12. The molecule has 2 rings (SSSR count). The zero-order valence-corrected chi connectivity index (χ0v) is 11.9. The van der Waals surface area contributed by atoms with Crippen LogP contribution >= 0.6 is 0 Å². The summed E-state index contributed by atoms with van der Waals surface area (Å²) >= 11 is 0. The van der Waals surface area contributed by atoms with Crippen molar-refractivity contribution in [1.82, 2.24) is 0 Å². The summed E-state index contributed by atoms with van der Waals surface area (Å²) < 4.78 is 11.1. The number of hydrogen-bond donors (Lipinski definition) is 1. The Morgan fingerprint density at radius 1 is 1.29 bits per heavy atom. The SMILES string of the molecule is N#CC1(OCCOc2ccc(CCC(=O)O)cc2)CCC1. The molecule has 1 aliphatic rings. The highest BCUT2D eigenvalue weighted by Gasteiger charge is 2.38. The molecule has 0 atom stereocenters. The van der Waals surface area contributed by atoms with Gasteiger partial charge in [0.25, 0.3) is 0 Å². The molecule has 1 saturated carbocycles. The number of benzene rings is 1. The fraction of sp³-hybridized carbons (Fsp3) is 0.500. The van der Waals surface area contributed by atoms with Crippen molar-refractivity contribution < 1.29 is 19.4 Å². The van der Waals surface area contributed by atoms with E-state index in [1.54, 1.807) is 0 Å². The Hall–Kier alpha value is -2.06. The van der Waals surface area contributed by atoms with E-state index in [2.05, 4.69) is 6.07 Å². The van der Waals surface area contributed by atoms with Crippen molar-refractivity contribution in [2.75, 3.05) is 13.2 Å². The third-order valence-corrected chi connectivity index (χ3v) is 3.65. The van der Waals surface area contributed by atoms with Crippen LogP contribution in [0.5, 0.6) is 5.75 Å². The van der Waals surface area contributed by atoms with Gasteiger partial charge in [0.15, 0.2) is 5.60 Å². The first-order chi connectivity index (χ1) is 10.1. The number of nitrogens with zero attached hydrogens (tertiary/aromatic N) is 1. The fourth-order valence-electron chi connectivity index (χ4n) is 2.19. The Kier molecular flexibility index (Phi) is 5.18. The van der Waals surface area contributed by atoms with E-state index in [4.69, 9.17) is 19.8 Å². The van der Waals surface area contributed by atoms with Crippen LogP contribution in [-0.4, -0.2) is 29.9 Å². The van der Waals surface area contributed by atoms with Crippen molar-refractivity contribution in [2.24, 2.45) is 0 Å². The van der Waals surface area contributed by atoms with Crippen molar-refractivity contribution in [3.8, 4) is 11.8 Å². The predicted octanol–water partition coefficient (Wildman–Crippen LogP) is 2.55. The highest BCUT2D eigenvalue weighted by atomic mass is 16.5. The van der Waals surface area contributed by atoms with Gasteiger partial charge in [-0.15, -0.1) is 0 Å². The fourth-order valence-corrected chi connectivity index (χ4v) is 2.19. The molecule has 0 heterocycles. The second kappa shape index (κ2) is 7.09. The molecule has 0 amide bonds. The lowest BCUT2D eigenvalue weighted by Gasteiger charge is -2.34. The van der Waals surface area contributed by atoms with Gasteiger partial charge in [0.2, 0.25) is 0 Å². The molecule has 0 aromatic heterocycles. The standard InChI is InChI=1S/C16H19NO4/c17-12-16(8-1-9-16)21-11-10-20-14-5-2-13(3-6-14)4-7-15(18)19/h2-3,5-6H,1,4,7-11H2,(H,18,19). The Balaban J connectivity index is 1.69. The number of carboxylic acid groups (broad SMARTS) is 1. The number of rotatable bonds is 8. The molecule has 0 aliphatic heterocycles. The molecule has 112 valence electrons. The predicted molar refractivity (Wildman–Crippen MR) is 76.0 cm³/mol. The highest BCUT2D eigenvalue weighted by Crippen LogP contribution is 2.34. The minimum Gasteiger partial charge on any atom is -0.491 e. The molecule has 1 aromatic carbocycles. The third-order valence-electron chi connectivity index (χ3n) is 3.65. The van der Waals surface area contributed by atoms with Crippen LogP contribution in [0.4, 0.5) is 0 Å². The molecule has 0 spiro atoms. The maximum absolute atomic E-state index is 10.5. The molecule has 1 aromatic rings. The van der Waals surface area contributed by atoms with Gasteiger partial charge in [-0.05, 0) is 43.4 Å². The largest absolute Gasteiger partial charge is 0.491 e. The number of aryl methyl sites for hydroxylation is 1. The van der Waals surface area contributed by atoms with Gasteiger partial charge in [-0.3, -0.25) is 4.79 Å². The van der Waals surface area contributed by atoms with Gasteiger partial charge >= 0.3 is 5.97 Å². The summed E-state index contributed by atoms with van der Waals surface area (Å²) in [4.78, 5) is 10.5. The quantitative estimate of drug-likeness (QED) is 0.744. The molecule has 0 radical (unpaired) electrons. The topological polar surface area (TPSA) is 79.5 Å². The van der Waals surface area contributed by atoms with Crippen molar-refractivity contribution >= 4 is 5.97 Å². The summed E-state index contributed by atoms with van der Waals surface area (Å²) in [6.07, 6.45) is 3.31. The maximum atomic E-state index is 10.5. The summed E-state index contributed by atoms with van der Waals surface area (Å²) in [6.45, 7) is 0.798. The van der Waals surface area contributed by atoms with E-state index >= 15 is 0 Å². The third kappa shape index (κ3) is 4.47. The van der Waals surface area contributed by atoms with Crippen molar-refractivity contribution in [2.45, 2.75) is 37.7 Å². The molecule has 0 saturated heterocycles. The van der Waals surface area contributed by atoms with Gasteiger partial charge in [0.05, 0.1) is 12.7 Å². The van der Waals surface area contributed by atoms with Gasteiger partial charge in [-0.1, -0.05) is 12.1 Å². The minimum absolute atomic E-state index is 0.129. The van der Waals surface area contributed by atoms with Gasteiger partial charge in [0.1, 0.15) is 12.4 Å². The van der Waals surface area contributed by atoms with E-state index < -0.39 is 11.6 Å². The second-order valence-electron chi connectivity index (χ2n) is 5.19. The minimum atomic E-state index is -0.796. The van der Waals surface area contributed by atoms with Gasteiger partial charge in [-0.25, -0.2) is 0 Å². The second-order valence-corrected chi connectivity index (χ2v) is 5.19. The van der Waals surface area contributed by atoms with E-state index in [9.17, 15) is 4.79 Å². The number of carbonyl (C=O) groups is 1. The number of ether oxygens (including phenoxy) is 2. The zero-order valence-electron chi connectivity index (χ0n) is 11.9. The number of carboxylic acids is 1. The Morgan fingerprint density at radius 3 is 2.52 bits per heavy atom. The lowest BCUT2D eigenvalue weighted by Crippen LogP contribution is -2.39. The van der Waals surface area contributed by atoms with Crippen molar-refractivity contribution in [3.63, 3.8) is 0 Å². The average molecular weight is 289 g/mol. The Labute approximate surface area is 124 Å². The van der Waals surface area contributed by atoms with Crippen LogP contribution in [0, 0.1) is 11.3 Å². The average Bonchev–Trinajstić information content (AvgIpc) is 2.45. The van der Waals surface area contributed by atoms with Crippen LogP contribution in [0.1, 0.15) is 31.2 Å². The number of hydrogen-bond acceptors (Lipinski definition) is 4. The van der Waals surface area contributed by atoms with E-state index in [-0.39, 0.29) is 6.42 Å². The molecule has 1 aliphatic carbocycles. The van der Waals surface area contributed by atoms with Crippen LogP contribution in [0.2, 0.25) is 0 Å². The van der Waals surface area contributed by atoms with E-state index in [1.165, 1.54) is 0 Å². The molecule has 21 heavy (non-hydrogen) atoms. The number of nitriles is 1. The molecule has 5 heteroatoms. The summed E-state index contributed by atoms with van der Waals surface area (Å²) in [6, 6.07) is 9.58. The lowest BCUT2D eigenvalue weighted by molar-refractivity contribution is -0.136. The molecule has 1 fully saturated rings. The lowest BCUT2D eigenvalue weighted by atomic mass is 9.81. The normalized spacial score (nSPS) is 15.8. The monoisotopic (exact) mass is 289 g/mol. The van der Waals surface area contributed by atoms with Crippen LogP contribution in [0.25, 0.3) is 0 Å². The maximum Gasteiger partial charge on any atom is 0.303 e. The highest BCUT2D eigenvalue weighted by molar-refractivity contribution is 5.67. The van der Waals surface area contributed by atoms with Crippen LogP contribution < -0.4 is 4.74 Å². The zero-order chi connectivity index (χ0) is 15.1. The summed E-state index contributed by atoms with van der Waals surface area (Å²) in [5.74, 6) is -0.0767. The van der Waals surface area contributed by atoms with Crippen LogP contribution in [0.15, 0.2) is 24.3 Å². The van der Waals surface area contributed by atoms with Crippen molar-refractivity contribution in [1.29, 1.82) is 5.26 Å². The summed E-state index contributed by atoms with van der Waals surface area (Å²) in [7, 11) is 0. The molecule has 0 unspecified atom stereocenters. The number of aliphatic carboxylic acids is 1. The smallest absolute Gasteiger partial charge is 0.303 e. The summed E-state index contributed by atoms with van der Waals surface area (Å²) in [5, 5.41) is 17.6. The Bertz CT molecular complexity index is 514. The molecule has 0 bridgehead atoms. The first-order valence-corrected chi connectivity index (χ1v) is 7.12. The molecular formula is C16H19NO4. The van der Waals surface area contributed by atoms with Crippen molar-refractivity contribution in [3.05, 3.63) is 29.8 Å². The molecular weight excluding hydrogens is 270 g/mol. The Morgan fingerprint density at radius 2 is 2.00 bits per heavy atom. The van der Waals surface area contributed by atoms with Gasteiger partial charge in [-0.2, -0.15) is 5.26 Å². The van der Waals surface area contributed by atoms with E-state index in [0.29, 0.717) is 19.6 Å². The first kappa shape index (κ1) is 15.3. The van der Waals surface area contributed by atoms with Gasteiger partial charge < -0.3 is 14.6 Å². The molecule has 5 nitrogen and oxygen atoms in total. The molecule has 1 N–H and O–H groups in total. The van der Waals surface area contributed by atoms with E-state index in [0.717, 1.165) is 30.6 Å². The summed E-state index contributed by atoms with van der Waals surface area (Å²) in [5.41, 5.74) is 0.392. The van der Waals surface area contributed by atoms with Crippen LogP contribution in [-0.2, 0) is 16.0 Å². The van der Waals surface area contributed by atoms with Gasteiger partial charge in [0, 0.05) is 6.42 Å².